The van der Waals surface area contributed by atoms with Crippen molar-refractivity contribution >= 4 is 27.9 Å². The lowest BCUT2D eigenvalue weighted by Gasteiger charge is -2.36. The number of fused-ring (bicyclic) bond motifs is 1. The summed E-state index contributed by atoms with van der Waals surface area (Å²) in [5.41, 5.74) is 3.55. The first-order valence-corrected chi connectivity index (χ1v) is 8.91. The third-order valence-electron chi connectivity index (χ3n) is 4.58. The molecular weight excluding hydrogens is 288 g/mol. The topological polar surface area (TPSA) is 16.1 Å². The summed E-state index contributed by atoms with van der Waals surface area (Å²) in [7, 11) is 0. The monoisotopic (exact) mass is 308 g/mol. The highest BCUT2D eigenvalue weighted by molar-refractivity contribution is 7.13. The van der Waals surface area contributed by atoms with Gasteiger partial charge in [0.2, 0.25) is 0 Å². The van der Waals surface area contributed by atoms with Crippen LogP contribution in [0.3, 0.4) is 0 Å². The largest absolute Gasteiger partial charge is 0.368 e. The van der Waals surface area contributed by atoms with E-state index in [1.807, 2.05) is 0 Å². The summed E-state index contributed by atoms with van der Waals surface area (Å²) >= 11 is 1.76. The van der Waals surface area contributed by atoms with Gasteiger partial charge in [0.15, 0.2) is 0 Å². The van der Waals surface area contributed by atoms with Crippen LogP contribution in [0.2, 0.25) is 0 Å². The van der Waals surface area contributed by atoms with Crippen LogP contribution in [0.1, 0.15) is 26.2 Å². The maximum Gasteiger partial charge on any atom is 0.0830 e. The van der Waals surface area contributed by atoms with Crippen LogP contribution in [0.25, 0.3) is 21.5 Å². The Labute approximate surface area is 135 Å². The summed E-state index contributed by atoms with van der Waals surface area (Å²) in [4.78, 5) is 8.70. The minimum absolute atomic E-state index is 0.607. The number of benzene rings is 1. The molecule has 2 nitrogen and oxygen atoms in total. The van der Waals surface area contributed by atoms with Gasteiger partial charge in [-0.25, -0.2) is 4.98 Å². The van der Waals surface area contributed by atoms with E-state index in [4.69, 9.17) is 4.98 Å². The smallest absolute Gasteiger partial charge is 0.0830 e. The van der Waals surface area contributed by atoms with Gasteiger partial charge in [-0.15, -0.1) is 11.3 Å². The Hall–Kier alpha value is -1.87. The molecule has 0 bridgehead atoms. The molecule has 1 aromatic carbocycles. The molecule has 0 amide bonds. The summed E-state index contributed by atoms with van der Waals surface area (Å²) < 4.78 is 0. The molecule has 4 rings (SSSR count). The lowest BCUT2D eigenvalue weighted by atomic mass is 10.0. The highest BCUT2D eigenvalue weighted by Gasteiger charge is 2.21. The zero-order valence-corrected chi connectivity index (χ0v) is 13.6. The second-order valence-electron chi connectivity index (χ2n) is 6.06. The third-order valence-corrected chi connectivity index (χ3v) is 5.47. The van der Waals surface area contributed by atoms with Gasteiger partial charge in [0.05, 0.1) is 16.1 Å². The summed E-state index contributed by atoms with van der Waals surface area (Å²) in [6.07, 6.45) is 3.92. The Kier molecular flexibility index (Phi) is 3.59. The minimum Gasteiger partial charge on any atom is -0.368 e. The zero-order valence-electron chi connectivity index (χ0n) is 12.8. The fourth-order valence-corrected chi connectivity index (χ4v) is 4.09. The summed E-state index contributed by atoms with van der Waals surface area (Å²) in [6, 6.07) is 15.7. The molecule has 0 aliphatic carbocycles. The van der Waals surface area contributed by atoms with E-state index in [0.29, 0.717) is 6.04 Å². The number of nitrogens with zero attached hydrogens (tertiary/aromatic N) is 2. The molecule has 0 N–H and O–H groups in total. The van der Waals surface area contributed by atoms with Crippen LogP contribution < -0.4 is 4.90 Å². The molecule has 0 unspecified atom stereocenters. The van der Waals surface area contributed by atoms with Gasteiger partial charge in [-0.2, -0.15) is 0 Å². The van der Waals surface area contributed by atoms with Gasteiger partial charge in [0, 0.05) is 23.7 Å². The van der Waals surface area contributed by atoms with Crippen molar-refractivity contribution in [3.8, 4) is 10.6 Å². The van der Waals surface area contributed by atoms with Crippen LogP contribution in [0.5, 0.6) is 0 Å². The van der Waals surface area contributed by atoms with Crippen molar-refractivity contribution in [2.24, 2.45) is 0 Å². The molecule has 1 atom stereocenters. The van der Waals surface area contributed by atoms with Crippen molar-refractivity contribution in [2.75, 3.05) is 11.4 Å². The molecule has 0 saturated carbocycles. The normalized spacial score (nSPS) is 18.8. The van der Waals surface area contributed by atoms with Gasteiger partial charge in [0.1, 0.15) is 0 Å². The highest BCUT2D eigenvalue weighted by atomic mass is 32.1. The SMILES string of the molecule is C[C@@H]1CCCCN1c1cc(-c2cccs2)nc2ccccc12. The van der Waals surface area contributed by atoms with E-state index in [2.05, 4.69) is 59.7 Å². The summed E-state index contributed by atoms with van der Waals surface area (Å²) in [5.74, 6) is 0. The summed E-state index contributed by atoms with van der Waals surface area (Å²) in [6.45, 7) is 3.50. The molecule has 1 aliphatic heterocycles. The van der Waals surface area contributed by atoms with Crippen LogP contribution in [-0.2, 0) is 0 Å². The first-order valence-electron chi connectivity index (χ1n) is 8.03. The summed E-state index contributed by atoms with van der Waals surface area (Å²) in [5, 5.41) is 3.40. The first-order chi connectivity index (χ1) is 10.8. The Balaban J connectivity index is 1.91. The van der Waals surface area contributed by atoms with E-state index in [-0.39, 0.29) is 0 Å². The zero-order chi connectivity index (χ0) is 14.9. The second kappa shape index (κ2) is 5.73. The number of para-hydroxylation sites is 1. The van der Waals surface area contributed by atoms with Gasteiger partial charge in [-0.3, -0.25) is 0 Å². The molecule has 1 fully saturated rings. The van der Waals surface area contributed by atoms with E-state index in [1.54, 1.807) is 11.3 Å². The van der Waals surface area contributed by atoms with E-state index in [9.17, 15) is 0 Å². The van der Waals surface area contributed by atoms with E-state index in [0.717, 1.165) is 17.8 Å². The van der Waals surface area contributed by atoms with Crippen LogP contribution in [-0.4, -0.2) is 17.6 Å². The lowest BCUT2D eigenvalue weighted by Crippen LogP contribution is -2.37. The van der Waals surface area contributed by atoms with Crippen LogP contribution in [0.4, 0.5) is 5.69 Å². The Morgan fingerprint density at radius 2 is 2.05 bits per heavy atom. The standard InChI is InChI=1S/C19H20N2S/c1-14-7-4-5-11-21(14)18-13-17(19-10-6-12-22-19)20-16-9-3-2-8-15(16)18/h2-3,6,8-10,12-14H,4-5,7,11H2,1H3/t14-/m1/s1. The maximum atomic E-state index is 4.88. The van der Waals surface area contributed by atoms with Gasteiger partial charge in [0.25, 0.3) is 0 Å². The van der Waals surface area contributed by atoms with Crippen molar-refractivity contribution in [3.63, 3.8) is 0 Å². The fourth-order valence-electron chi connectivity index (χ4n) is 3.40. The van der Waals surface area contributed by atoms with Gasteiger partial charge in [-0.1, -0.05) is 24.3 Å². The average molecular weight is 308 g/mol. The van der Waals surface area contributed by atoms with Crippen LogP contribution >= 0.6 is 11.3 Å². The predicted molar refractivity (Wildman–Crippen MR) is 95.7 cm³/mol. The molecule has 2 aromatic heterocycles. The first kappa shape index (κ1) is 13.8. The highest BCUT2D eigenvalue weighted by Crippen LogP contribution is 2.35. The number of anilines is 1. The second-order valence-corrected chi connectivity index (χ2v) is 7.01. The Bertz CT molecular complexity index is 779. The lowest BCUT2D eigenvalue weighted by molar-refractivity contribution is 0.486. The number of hydrogen-bond acceptors (Lipinski definition) is 3. The van der Waals surface area contributed by atoms with Gasteiger partial charge in [-0.05, 0) is 49.8 Å². The molecule has 0 radical (unpaired) electrons. The Morgan fingerprint density at radius 1 is 1.14 bits per heavy atom. The molecule has 3 heterocycles. The number of pyridine rings is 1. The number of hydrogen-bond donors (Lipinski definition) is 0. The van der Waals surface area contributed by atoms with Crippen molar-refractivity contribution in [2.45, 2.75) is 32.2 Å². The Morgan fingerprint density at radius 3 is 2.86 bits per heavy atom. The van der Waals surface area contributed by atoms with Gasteiger partial charge < -0.3 is 4.90 Å². The molecule has 22 heavy (non-hydrogen) atoms. The number of thiophene rings is 1. The van der Waals surface area contributed by atoms with E-state index >= 15 is 0 Å². The quantitative estimate of drug-likeness (QED) is 0.635. The van der Waals surface area contributed by atoms with E-state index in [1.165, 1.54) is 35.2 Å². The number of aromatic nitrogens is 1. The molecular formula is C19H20N2S. The molecule has 1 saturated heterocycles. The van der Waals surface area contributed by atoms with Crippen LogP contribution in [0, 0.1) is 0 Å². The molecule has 1 aliphatic rings. The molecule has 3 heteroatoms. The molecule has 112 valence electrons. The average Bonchev–Trinajstić information content (AvgIpc) is 3.09. The number of rotatable bonds is 2. The minimum atomic E-state index is 0.607. The van der Waals surface area contributed by atoms with Crippen molar-refractivity contribution in [3.05, 3.63) is 47.8 Å². The van der Waals surface area contributed by atoms with Crippen LogP contribution in [0.15, 0.2) is 47.8 Å². The van der Waals surface area contributed by atoms with Gasteiger partial charge >= 0.3 is 0 Å². The predicted octanol–water partition coefficient (Wildman–Crippen LogP) is 5.34. The van der Waals surface area contributed by atoms with Crippen molar-refractivity contribution < 1.29 is 0 Å². The maximum absolute atomic E-state index is 4.88. The number of piperidine rings is 1. The molecule has 0 spiro atoms. The van der Waals surface area contributed by atoms with Crippen molar-refractivity contribution in [1.82, 2.24) is 4.98 Å². The van der Waals surface area contributed by atoms with E-state index < -0.39 is 0 Å². The fraction of sp³-hybridized carbons (Fsp3) is 0.316. The van der Waals surface area contributed by atoms with Crippen molar-refractivity contribution in [1.29, 1.82) is 0 Å². The third kappa shape index (κ3) is 2.40. The molecule has 3 aromatic rings.